The van der Waals surface area contributed by atoms with Gasteiger partial charge in [-0.05, 0) is 74.4 Å². The molecule has 4 aromatic rings. The second kappa shape index (κ2) is 11.5. The molecule has 178 valence electrons. The fraction of sp³-hybridized carbons (Fsp3) is 0.172. The Bertz CT molecular complexity index is 1280. The first-order chi connectivity index (χ1) is 16.9. The molecule has 0 atom stereocenters. The van der Waals surface area contributed by atoms with Crippen molar-refractivity contribution in [3.05, 3.63) is 101 Å². The van der Waals surface area contributed by atoms with Gasteiger partial charge in [0, 0.05) is 17.0 Å². The van der Waals surface area contributed by atoms with Crippen molar-refractivity contribution < 1.29 is 14.3 Å². The van der Waals surface area contributed by atoms with Crippen LogP contribution in [0.4, 0.5) is 5.13 Å². The van der Waals surface area contributed by atoms with E-state index in [1.807, 2.05) is 67.8 Å². The fourth-order valence-electron chi connectivity index (χ4n) is 3.29. The van der Waals surface area contributed by atoms with Gasteiger partial charge in [-0.1, -0.05) is 42.0 Å². The predicted octanol–water partition coefficient (Wildman–Crippen LogP) is 7.14. The van der Waals surface area contributed by atoms with E-state index in [1.54, 1.807) is 6.08 Å². The first-order valence-corrected chi connectivity index (χ1v) is 12.3. The molecular weight excluding hydrogens is 456 g/mol. The van der Waals surface area contributed by atoms with Gasteiger partial charge >= 0.3 is 0 Å². The number of carbonyl (C=O) groups excluding carboxylic acids is 1. The summed E-state index contributed by atoms with van der Waals surface area (Å²) < 4.78 is 11.5. The molecule has 1 aromatic heterocycles. The molecule has 5 nitrogen and oxygen atoms in total. The number of rotatable bonds is 9. The Morgan fingerprint density at radius 1 is 0.971 bits per heavy atom. The third kappa shape index (κ3) is 7.29. The monoisotopic (exact) mass is 484 g/mol. The van der Waals surface area contributed by atoms with Gasteiger partial charge in [0.15, 0.2) is 5.13 Å². The zero-order valence-corrected chi connectivity index (χ0v) is 20.8. The zero-order chi connectivity index (χ0) is 24.6. The summed E-state index contributed by atoms with van der Waals surface area (Å²) in [5.41, 5.74) is 5.04. The van der Waals surface area contributed by atoms with Gasteiger partial charge in [-0.15, -0.1) is 11.3 Å². The molecule has 4 rings (SSSR count). The number of benzene rings is 3. The lowest BCUT2D eigenvalue weighted by Crippen LogP contribution is -2.07. The van der Waals surface area contributed by atoms with Crippen LogP contribution in [0.2, 0.25) is 0 Å². The van der Waals surface area contributed by atoms with Gasteiger partial charge in [0.2, 0.25) is 5.91 Å². The molecule has 1 N–H and O–H groups in total. The van der Waals surface area contributed by atoms with E-state index in [0.717, 1.165) is 33.9 Å². The molecule has 0 aliphatic carbocycles. The Morgan fingerprint density at radius 3 is 2.34 bits per heavy atom. The van der Waals surface area contributed by atoms with Crippen LogP contribution in [-0.4, -0.2) is 17.0 Å². The number of ether oxygens (including phenoxy) is 2. The van der Waals surface area contributed by atoms with Gasteiger partial charge in [-0.25, -0.2) is 4.98 Å². The number of hydrogen-bond donors (Lipinski definition) is 1. The second-order valence-electron chi connectivity index (χ2n) is 8.39. The topological polar surface area (TPSA) is 60.5 Å². The van der Waals surface area contributed by atoms with Gasteiger partial charge in [0.1, 0.15) is 18.1 Å². The van der Waals surface area contributed by atoms with Crippen molar-refractivity contribution in [3.8, 4) is 22.8 Å². The zero-order valence-electron chi connectivity index (χ0n) is 20.0. The average molecular weight is 485 g/mol. The van der Waals surface area contributed by atoms with Crippen LogP contribution in [-0.2, 0) is 11.4 Å². The van der Waals surface area contributed by atoms with Crippen molar-refractivity contribution in [2.45, 2.75) is 33.5 Å². The minimum absolute atomic E-state index is 0.130. The highest BCUT2D eigenvalue weighted by Gasteiger charge is 2.07. The number of carbonyl (C=O) groups is 1. The minimum atomic E-state index is -0.230. The Kier molecular flexibility index (Phi) is 7.95. The molecule has 0 spiro atoms. The smallest absolute Gasteiger partial charge is 0.250 e. The third-order valence-corrected chi connectivity index (χ3v) is 5.85. The van der Waals surface area contributed by atoms with Crippen LogP contribution in [0.25, 0.3) is 17.3 Å². The quantitative estimate of drug-likeness (QED) is 0.257. The second-order valence-corrected chi connectivity index (χ2v) is 9.25. The predicted molar refractivity (Wildman–Crippen MR) is 143 cm³/mol. The van der Waals surface area contributed by atoms with E-state index >= 15 is 0 Å². The van der Waals surface area contributed by atoms with E-state index in [9.17, 15) is 4.79 Å². The van der Waals surface area contributed by atoms with Crippen LogP contribution in [0.3, 0.4) is 0 Å². The van der Waals surface area contributed by atoms with Gasteiger partial charge in [0.25, 0.3) is 0 Å². The van der Waals surface area contributed by atoms with E-state index in [1.165, 1.54) is 23.0 Å². The molecule has 0 saturated heterocycles. The van der Waals surface area contributed by atoms with E-state index in [0.29, 0.717) is 11.7 Å². The molecule has 0 fully saturated rings. The average Bonchev–Trinajstić information content (AvgIpc) is 3.31. The number of anilines is 1. The van der Waals surface area contributed by atoms with Crippen molar-refractivity contribution in [2.75, 3.05) is 5.32 Å². The van der Waals surface area contributed by atoms with Crippen LogP contribution >= 0.6 is 11.3 Å². The summed E-state index contributed by atoms with van der Waals surface area (Å²) in [5, 5.41) is 5.30. The number of aromatic nitrogens is 1. The lowest BCUT2D eigenvalue weighted by atomic mass is 10.1. The van der Waals surface area contributed by atoms with E-state index in [2.05, 4.69) is 41.5 Å². The molecule has 1 heterocycles. The summed E-state index contributed by atoms with van der Waals surface area (Å²) in [6.45, 7) is 6.57. The minimum Gasteiger partial charge on any atom is -0.491 e. The molecule has 1 amide bonds. The molecule has 0 unspecified atom stereocenters. The highest BCUT2D eigenvalue weighted by Crippen LogP contribution is 2.27. The summed E-state index contributed by atoms with van der Waals surface area (Å²) in [7, 11) is 0. The van der Waals surface area contributed by atoms with Crippen LogP contribution in [0, 0.1) is 6.92 Å². The normalized spacial score (nSPS) is 11.1. The molecule has 6 heteroatoms. The SMILES string of the molecule is Cc1ccc(COc2ccc(C=CC(=O)Nc3nc(-c4ccc(OC(C)C)cc4)cs3)cc2)cc1. The van der Waals surface area contributed by atoms with Crippen LogP contribution in [0.5, 0.6) is 11.5 Å². The Morgan fingerprint density at radius 2 is 1.66 bits per heavy atom. The first-order valence-electron chi connectivity index (χ1n) is 11.4. The van der Waals surface area contributed by atoms with Gasteiger partial charge < -0.3 is 9.47 Å². The lowest BCUT2D eigenvalue weighted by Gasteiger charge is -2.09. The third-order valence-electron chi connectivity index (χ3n) is 5.09. The van der Waals surface area contributed by atoms with Gasteiger partial charge in [-0.3, -0.25) is 10.1 Å². The number of amides is 1. The highest BCUT2D eigenvalue weighted by atomic mass is 32.1. The van der Waals surface area contributed by atoms with E-state index in [4.69, 9.17) is 9.47 Å². The molecule has 0 bridgehead atoms. The van der Waals surface area contributed by atoms with Crippen molar-refractivity contribution >= 4 is 28.5 Å². The molecule has 3 aromatic carbocycles. The summed E-state index contributed by atoms with van der Waals surface area (Å²) in [6.07, 6.45) is 3.40. The number of aryl methyl sites for hydroxylation is 1. The summed E-state index contributed by atoms with van der Waals surface area (Å²) in [6, 6.07) is 23.7. The fourth-order valence-corrected chi connectivity index (χ4v) is 4.01. The van der Waals surface area contributed by atoms with Gasteiger partial charge in [0.05, 0.1) is 11.8 Å². The molecule has 0 radical (unpaired) electrons. The first kappa shape index (κ1) is 24.2. The number of hydrogen-bond acceptors (Lipinski definition) is 5. The van der Waals surface area contributed by atoms with E-state index < -0.39 is 0 Å². The van der Waals surface area contributed by atoms with E-state index in [-0.39, 0.29) is 12.0 Å². The number of nitrogens with one attached hydrogen (secondary N) is 1. The largest absolute Gasteiger partial charge is 0.491 e. The van der Waals surface area contributed by atoms with Crippen molar-refractivity contribution in [1.82, 2.24) is 4.98 Å². The summed E-state index contributed by atoms with van der Waals surface area (Å²) in [5.74, 6) is 1.38. The molecule has 0 aliphatic heterocycles. The van der Waals surface area contributed by atoms with Crippen LogP contribution < -0.4 is 14.8 Å². The van der Waals surface area contributed by atoms with Crippen molar-refractivity contribution in [2.24, 2.45) is 0 Å². The van der Waals surface area contributed by atoms with Crippen molar-refractivity contribution in [3.63, 3.8) is 0 Å². The Balaban J connectivity index is 1.28. The maximum atomic E-state index is 12.4. The summed E-state index contributed by atoms with van der Waals surface area (Å²) in [4.78, 5) is 16.9. The van der Waals surface area contributed by atoms with Crippen molar-refractivity contribution in [1.29, 1.82) is 0 Å². The standard InChI is InChI=1S/C29H28N2O3S/c1-20(2)34-26-15-11-24(12-16-26)27-19-35-29(30-27)31-28(32)17-10-22-8-13-25(14-9-22)33-18-23-6-4-21(3)5-7-23/h4-17,19-20H,18H2,1-3H3,(H,30,31,32). The van der Waals surface area contributed by atoms with Crippen LogP contribution in [0.1, 0.15) is 30.5 Å². The summed E-state index contributed by atoms with van der Waals surface area (Å²) >= 11 is 1.39. The molecular formula is C29H28N2O3S. The number of nitrogens with zero attached hydrogens (tertiary/aromatic N) is 1. The number of thiazole rings is 1. The van der Waals surface area contributed by atoms with Crippen LogP contribution in [0.15, 0.2) is 84.3 Å². The Labute approximate surface area is 210 Å². The highest BCUT2D eigenvalue weighted by molar-refractivity contribution is 7.14. The maximum Gasteiger partial charge on any atom is 0.250 e. The van der Waals surface area contributed by atoms with Gasteiger partial charge in [-0.2, -0.15) is 0 Å². The molecule has 35 heavy (non-hydrogen) atoms. The maximum absolute atomic E-state index is 12.4. The molecule has 0 saturated carbocycles. The lowest BCUT2D eigenvalue weighted by molar-refractivity contribution is -0.111. The Hall–Kier alpha value is -3.90. The molecule has 0 aliphatic rings.